The van der Waals surface area contributed by atoms with Gasteiger partial charge in [-0.1, -0.05) is 0 Å². The van der Waals surface area contributed by atoms with Crippen molar-refractivity contribution in [3.63, 3.8) is 0 Å². The van der Waals surface area contributed by atoms with E-state index in [0.717, 1.165) is 43.6 Å². The number of aromatic nitrogens is 3. The first-order valence-corrected chi connectivity index (χ1v) is 8.82. The number of likely N-dealkylation sites (tertiary alicyclic amines) is 1. The minimum atomic E-state index is -0.643. The third-order valence-electron chi connectivity index (χ3n) is 4.68. The van der Waals surface area contributed by atoms with E-state index in [4.69, 9.17) is 0 Å². The van der Waals surface area contributed by atoms with Gasteiger partial charge in [0.1, 0.15) is 11.4 Å². The van der Waals surface area contributed by atoms with Crippen molar-refractivity contribution >= 4 is 5.91 Å². The zero-order valence-corrected chi connectivity index (χ0v) is 15.1. The summed E-state index contributed by atoms with van der Waals surface area (Å²) in [5, 5.41) is 17.0. The number of amides is 1. The number of hydrogen-bond donors (Lipinski definition) is 2. The highest BCUT2D eigenvalue weighted by Gasteiger charge is 2.28. The smallest absolute Gasteiger partial charge is 0.271 e. The summed E-state index contributed by atoms with van der Waals surface area (Å²) in [4.78, 5) is 18.9. The van der Waals surface area contributed by atoms with Gasteiger partial charge in [0.05, 0.1) is 11.3 Å². The van der Waals surface area contributed by atoms with E-state index in [1.54, 1.807) is 12.3 Å². The first kappa shape index (κ1) is 17.6. The van der Waals surface area contributed by atoms with Crippen LogP contribution < -0.4 is 0 Å². The summed E-state index contributed by atoms with van der Waals surface area (Å²) in [6, 6.07) is 5.65. The Bertz CT molecular complexity index is 740. The molecule has 0 spiro atoms. The maximum Gasteiger partial charge on any atom is 0.271 e. The van der Waals surface area contributed by atoms with Crippen LogP contribution in [-0.2, 0) is 0 Å². The zero-order valence-electron chi connectivity index (χ0n) is 15.1. The van der Waals surface area contributed by atoms with Crippen LogP contribution in [0.4, 0.5) is 0 Å². The quantitative estimate of drug-likeness (QED) is 0.895. The first-order valence-electron chi connectivity index (χ1n) is 8.82. The largest absolute Gasteiger partial charge is 0.390 e. The second kappa shape index (κ2) is 6.96. The average Bonchev–Trinajstić information content (AvgIpc) is 3.03. The van der Waals surface area contributed by atoms with Gasteiger partial charge in [-0.05, 0) is 69.7 Å². The number of carbonyl (C=O) groups is 1. The molecule has 0 atom stereocenters. The molecule has 0 radical (unpaired) electrons. The van der Waals surface area contributed by atoms with E-state index in [0.29, 0.717) is 17.3 Å². The summed E-state index contributed by atoms with van der Waals surface area (Å²) in [6.07, 6.45) is 4.38. The molecular formula is C19H26N4O2. The van der Waals surface area contributed by atoms with Gasteiger partial charge in [0.25, 0.3) is 5.91 Å². The first-order chi connectivity index (χ1) is 11.8. The van der Waals surface area contributed by atoms with Gasteiger partial charge in [0.2, 0.25) is 0 Å². The summed E-state index contributed by atoms with van der Waals surface area (Å²) in [5.41, 5.74) is 2.41. The number of piperidine rings is 1. The van der Waals surface area contributed by atoms with Crippen LogP contribution in [0.5, 0.6) is 0 Å². The summed E-state index contributed by atoms with van der Waals surface area (Å²) in [7, 11) is 0. The lowest BCUT2D eigenvalue weighted by atomic mass is 9.86. The van der Waals surface area contributed by atoms with Crippen LogP contribution >= 0.6 is 0 Å². The summed E-state index contributed by atoms with van der Waals surface area (Å²) >= 11 is 0. The highest BCUT2D eigenvalue weighted by Crippen LogP contribution is 2.27. The van der Waals surface area contributed by atoms with Crippen molar-refractivity contribution < 1.29 is 9.90 Å². The number of rotatable bonds is 4. The van der Waals surface area contributed by atoms with Crippen LogP contribution in [-0.4, -0.2) is 49.8 Å². The maximum absolute atomic E-state index is 12.7. The Morgan fingerprint density at radius 2 is 2.04 bits per heavy atom. The average molecular weight is 342 g/mol. The van der Waals surface area contributed by atoms with E-state index in [1.165, 1.54) is 0 Å². The van der Waals surface area contributed by atoms with Gasteiger partial charge < -0.3 is 10.0 Å². The molecule has 1 fully saturated rings. The normalized spacial score (nSPS) is 16.2. The summed E-state index contributed by atoms with van der Waals surface area (Å²) in [5.74, 6) is 0.450. The second-order valence-corrected chi connectivity index (χ2v) is 7.64. The SMILES string of the molecule is Cc1ccnc(-c2cc(C(=O)N3CCC(CC(C)(C)O)CC3)[nH]n2)c1. The number of nitrogens with zero attached hydrogens (tertiary/aromatic N) is 3. The highest BCUT2D eigenvalue weighted by atomic mass is 16.3. The van der Waals surface area contributed by atoms with E-state index in [2.05, 4.69) is 15.2 Å². The monoisotopic (exact) mass is 342 g/mol. The fourth-order valence-corrected chi connectivity index (χ4v) is 3.46. The molecule has 0 aromatic carbocycles. The Labute approximate surface area is 148 Å². The molecule has 6 heteroatoms. The predicted octanol–water partition coefficient (Wildman–Crippen LogP) is 2.79. The molecule has 3 rings (SSSR count). The number of hydrogen-bond acceptors (Lipinski definition) is 4. The van der Waals surface area contributed by atoms with Gasteiger partial charge in [-0.25, -0.2) is 0 Å². The molecule has 1 aliphatic rings. The van der Waals surface area contributed by atoms with E-state index >= 15 is 0 Å². The van der Waals surface area contributed by atoms with Crippen molar-refractivity contribution in [1.29, 1.82) is 0 Å². The van der Waals surface area contributed by atoms with Crippen LogP contribution in [0, 0.1) is 12.8 Å². The topological polar surface area (TPSA) is 82.1 Å². The highest BCUT2D eigenvalue weighted by molar-refractivity contribution is 5.93. The number of H-pyrrole nitrogens is 1. The lowest BCUT2D eigenvalue weighted by Crippen LogP contribution is -2.40. The van der Waals surface area contributed by atoms with Gasteiger partial charge in [0, 0.05) is 19.3 Å². The molecule has 6 nitrogen and oxygen atoms in total. The zero-order chi connectivity index (χ0) is 18.0. The minimum absolute atomic E-state index is 0.0203. The van der Waals surface area contributed by atoms with E-state index in [-0.39, 0.29) is 5.91 Å². The Balaban J connectivity index is 1.63. The lowest BCUT2D eigenvalue weighted by Gasteiger charge is -2.34. The number of aryl methyl sites for hydroxylation is 1. The third-order valence-corrected chi connectivity index (χ3v) is 4.68. The van der Waals surface area contributed by atoms with Crippen molar-refractivity contribution in [3.05, 3.63) is 35.7 Å². The molecular weight excluding hydrogens is 316 g/mol. The van der Waals surface area contributed by atoms with Gasteiger partial charge in [-0.2, -0.15) is 5.10 Å². The van der Waals surface area contributed by atoms with E-state index in [1.807, 2.05) is 37.8 Å². The van der Waals surface area contributed by atoms with Gasteiger partial charge >= 0.3 is 0 Å². The second-order valence-electron chi connectivity index (χ2n) is 7.64. The molecule has 0 aliphatic carbocycles. The molecule has 25 heavy (non-hydrogen) atoms. The van der Waals surface area contributed by atoms with Crippen molar-refractivity contribution in [1.82, 2.24) is 20.1 Å². The predicted molar refractivity (Wildman–Crippen MR) is 96.1 cm³/mol. The molecule has 2 aromatic rings. The number of aromatic amines is 1. The molecule has 2 N–H and O–H groups in total. The Morgan fingerprint density at radius 3 is 2.68 bits per heavy atom. The molecule has 1 saturated heterocycles. The van der Waals surface area contributed by atoms with Crippen LogP contribution in [0.3, 0.4) is 0 Å². The number of nitrogens with one attached hydrogen (secondary N) is 1. The van der Waals surface area contributed by atoms with Crippen molar-refractivity contribution in [2.75, 3.05) is 13.1 Å². The molecule has 0 saturated carbocycles. The number of aliphatic hydroxyl groups is 1. The molecule has 1 aliphatic heterocycles. The van der Waals surface area contributed by atoms with Gasteiger partial charge in [0.15, 0.2) is 0 Å². The molecule has 0 bridgehead atoms. The minimum Gasteiger partial charge on any atom is -0.390 e. The van der Waals surface area contributed by atoms with Crippen LogP contribution in [0.2, 0.25) is 0 Å². The standard InChI is InChI=1S/C19H26N4O2/c1-13-4-7-20-15(10-13)16-11-17(22-21-16)18(24)23-8-5-14(6-9-23)12-19(2,3)25/h4,7,10-11,14,25H,5-6,8-9,12H2,1-3H3,(H,21,22). The molecule has 3 heterocycles. The molecule has 2 aromatic heterocycles. The lowest BCUT2D eigenvalue weighted by molar-refractivity contribution is 0.0357. The number of pyridine rings is 1. The van der Waals surface area contributed by atoms with E-state index in [9.17, 15) is 9.90 Å². The van der Waals surface area contributed by atoms with Gasteiger partial charge in [-0.15, -0.1) is 0 Å². The summed E-state index contributed by atoms with van der Waals surface area (Å²) < 4.78 is 0. The Hall–Kier alpha value is -2.21. The molecule has 1 amide bonds. The van der Waals surface area contributed by atoms with Crippen LogP contribution in [0.15, 0.2) is 24.4 Å². The third kappa shape index (κ3) is 4.45. The van der Waals surface area contributed by atoms with Crippen LogP contribution in [0.1, 0.15) is 49.2 Å². The summed E-state index contributed by atoms with van der Waals surface area (Å²) in [6.45, 7) is 7.13. The van der Waals surface area contributed by atoms with Crippen molar-refractivity contribution in [2.45, 2.75) is 45.6 Å². The fourth-order valence-electron chi connectivity index (χ4n) is 3.46. The molecule has 0 unspecified atom stereocenters. The Morgan fingerprint density at radius 1 is 1.32 bits per heavy atom. The Kier molecular flexibility index (Phi) is 4.90. The van der Waals surface area contributed by atoms with Crippen molar-refractivity contribution in [3.8, 4) is 11.4 Å². The fraction of sp³-hybridized carbons (Fsp3) is 0.526. The van der Waals surface area contributed by atoms with Crippen molar-refractivity contribution in [2.24, 2.45) is 5.92 Å². The van der Waals surface area contributed by atoms with Crippen LogP contribution in [0.25, 0.3) is 11.4 Å². The number of carbonyl (C=O) groups excluding carboxylic acids is 1. The molecule has 134 valence electrons. The maximum atomic E-state index is 12.7. The van der Waals surface area contributed by atoms with Gasteiger partial charge in [-0.3, -0.25) is 14.9 Å². The van der Waals surface area contributed by atoms with E-state index < -0.39 is 5.60 Å².